The summed E-state index contributed by atoms with van der Waals surface area (Å²) in [5, 5.41) is 1.17. The van der Waals surface area contributed by atoms with E-state index in [2.05, 4.69) is 15.9 Å². The zero-order chi connectivity index (χ0) is 18.0. The molecule has 2 aromatic carbocycles. The normalized spacial score (nSPS) is 18.1. The van der Waals surface area contributed by atoms with Crippen LogP contribution in [0, 0.1) is 0 Å². The van der Waals surface area contributed by atoms with Gasteiger partial charge < -0.3 is 9.64 Å². The van der Waals surface area contributed by atoms with E-state index in [1.165, 1.54) is 10.3 Å². The van der Waals surface area contributed by atoms with E-state index in [0.717, 1.165) is 4.47 Å². The summed E-state index contributed by atoms with van der Waals surface area (Å²) in [5.74, 6) is 0.269. The van der Waals surface area contributed by atoms with Gasteiger partial charge in [-0.25, -0.2) is 8.42 Å². The van der Waals surface area contributed by atoms with Crippen molar-refractivity contribution < 1.29 is 17.9 Å². The third-order valence-electron chi connectivity index (χ3n) is 3.88. The molecule has 1 amide bonds. The number of sulfone groups is 1. The fourth-order valence-electron chi connectivity index (χ4n) is 2.68. The van der Waals surface area contributed by atoms with Crippen molar-refractivity contribution in [1.82, 2.24) is 0 Å². The van der Waals surface area contributed by atoms with Crippen LogP contribution in [-0.2, 0) is 9.84 Å². The molecule has 0 unspecified atom stereocenters. The Bertz CT molecular complexity index is 922. The lowest BCUT2D eigenvalue weighted by Crippen LogP contribution is -2.41. The number of carbonyl (C=O) groups excluding carboxylic acids is 1. The predicted octanol–water partition coefficient (Wildman–Crippen LogP) is 3.42. The van der Waals surface area contributed by atoms with E-state index in [0.29, 0.717) is 17.0 Å². The highest BCUT2D eigenvalue weighted by atomic mass is 79.9. The molecule has 1 atom stereocenters. The van der Waals surface area contributed by atoms with Gasteiger partial charge in [0.05, 0.1) is 18.9 Å². The molecule has 0 N–H and O–H groups in total. The molecule has 1 heterocycles. The van der Waals surface area contributed by atoms with Crippen LogP contribution in [-0.4, -0.2) is 33.2 Å². The number of amides is 1. The van der Waals surface area contributed by atoms with Gasteiger partial charge in [-0.15, -0.1) is 0 Å². The molecule has 0 aromatic heterocycles. The Balaban J connectivity index is 2.02. The summed E-state index contributed by atoms with van der Waals surface area (Å²) >= 11 is 3.36. The number of rotatable bonds is 4. The van der Waals surface area contributed by atoms with Crippen LogP contribution >= 0.6 is 15.9 Å². The summed E-state index contributed by atoms with van der Waals surface area (Å²) in [6.45, 7) is 0. The Morgan fingerprint density at radius 2 is 1.92 bits per heavy atom. The molecule has 130 valence electrons. The van der Waals surface area contributed by atoms with E-state index in [4.69, 9.17) is 4.74 Å². The first kappa shape index (κ1) is 17.7. The number of carbonyl (C=O) groups is 1. The molecular weight excluding hydrogens is 406 g/mol. The lowest BCUT2D eigenvalue weighted by Gasteiger charge is -2.28. The zero-order valence-corrected chi connectivity index (χ0v) is 15.8. The summed E-state index contributed by atoms with van der Waals surface area (Å²) in [6.07, 6.45) is 1.55. The Hall–Kier alpha value is -2.12. The summed E-state index contributed by atoms with van der Waals surface area (Å²) in [4.78, 5) is 14.6. The van der Waals surface area contributed by atoms with E-state index in [1.54, 1.807) is 55.7 Å². The van der Waals surface area contributed by atoms with Crippen molar-refractivity contribution in [3.63, 3.8) is 0 Å². The van der Waals surface area contributed by atoms with E-state index in [9.17, 15) is 13.2 Å². The molecular formula is C18H16BrNO4S. The van der Waals surface area contributed by atoms with E-state index in [-0.39, 0.29) is 11.7 Å². The Labute approximate surface area is 155 Å². The van der Waals surface area contributed by atoms with Crippen LogP contribution in [0.1, 0.15) is 10.4 Å². The van der Waals surface area contributed by atoms with Gasteiger partial charge in [-0.1, -0.05) is 22.0 Å². The van der Waals surface area contributed by atoms with Gasteiger partial charge in [0.25, 0.3) is 5.91 Å². The van der Waals surface area contributed by atoms with Crippen molar-refractivity contribution in [2.75, 3.05) is 17.8 Å². The van der Waals surface area contributed by atoms with Crippen LogP contribution < -0.4 is 9.64 Å². The average molecular weight is 422 g/mol. The smallest absolute Gasteiger partial charge is 0.258 e. The maximum Gasteiger partial charge on any atom is 0.258 e. The van der Waals surface area contributed by atoms with Crippen LogP contribution in [0.15, 0.2) is 64.5 Å². The number of halogens is 1. The summed E-state index contributed by atoms with van der Waals surface area (Å²) in [6, 6.07) is 13.4. The minimum atomic E-state index is -3.29. The molecule has 0 bridgehead atoms. The lowest BCUT2D eigenvalue weighted by molar-refractivity contribution is 0.0983. The molecule has 0 radical (unpaired) electrons. The minimum Gasteiger partial charge on any atom is -0.497 e. The van der Waals surface area contributed by atoms with Gasteiger partial charge in [-0.2, -0.15) is 0 Å². The standard InChI is InChI=1S/C18H16BrNO4S/c1-24-17-7-5-15(6-8-17)20(16-9-10-25(22,23)12-16)18(21)13-3-2-4-14(19)11-13/h2-11,16H,12H2,1H3/t16-/m1/s1. The fraction of sp³-hybridized carbons (Fsp3) is 0.167. The van der Waals surface area contributed by atoms with Gasteiger partial charge >= 0.3 is 0 Å². The summed E-state index contributed by atoms with van der Waals surface area (Å²) in [7, 11) is -1.73. The molecule has 0 fully saturated rings. The van der Waals surface area contributed by atoms with Crippen molar-refractivity contribution in [2.45, 2.75) is 6.04 Å². The van der Waals surface area contributed by atoms with E-state index >= 15 is 0 Å². The summed E-state index contributed by atoms with van der Waals surface area (Å²) in [5.41, 5.74) is 1.08. The predicted molar refractivity (Wildman–Crippen MR) is 101 cm³/mol. The lowest BCUT2D eigenvalue weighted by atomic mass is 10.1. The Kier molecular flexibility index (Phi) is 4.96. The van der Waals surface area contributed by atoms with Gasteiger partial charge in [0.15, 0.2) is 9.84 Å². The van der Waals surface area contributed by atoms with Crippen molar-refractivity contribution in [3.8, 4) is 5.75 Å². The first-order valence-corrected chi connectivity index (χ1v) is 10.0. The van der Waals surface area contributed by atoms with Gasteiger partial charge in [-0.3, -0.25) is 4.79 Å². The molecule has 0 spiro atoms. The SMILES string of the molecule is COc1ccc(N(C(=O)c2cccc(Br)c2)[C@@H]2C=CS(=O)(=O)C2)cc1. The molecule has 7 heteroatoms. The van der Waals surface area contributed by atoms with E-state index in [1.807, 2.05) is 6.07 Å². The van der Waals surface area contributed by atoms with Gasteiger partial charge in [0.1, 0.15) is 5.75 Å². The molecule has 0 saturated heterocycles. The number of ether oxygens (including phenoxy) is 1. The van der Waals surface area contributed by atoms with Crippen molar-refractivity contribution in [2.24, 2.45) is 0 Å². The molecule has 1 aliphatic rings. The summed E-state index contributed by atoms with van der Waals surface area (Å²) < 4.78 is 29.6. The third-order valence-corrected chi connectivity index (χ3v) is 5.75. The zero-order valence-electron chi connectivity index (χ0n) is 13.4. The van der Waals surface area contributed by atoms with Crippen LogP contribution in [0.2, 0.25) is 0 Å². The van der Waals surface area contributed by atoms with Crippen molar-refractivity contribution in [3.05, 3.63) is 70.1 Å². The van der Waals surface area contributed by atoms with Crippen LogP contribution in [0.3, 0.4) is 0 Å². The van der Waals surface area contributed by atoms with Crippen molar-refractivity contribution in [1.29, 1.82) is 0 Å². The highest BCUT2D eigenvalue weighted by molar-refractivity contribution is 9.10. The first-order chi connectivity index (χ1) is 11.9. The molecule has 25 heavy (non-hydrogen) atoms. The largest absolute Gasteiger partial charge is 0.497 e. The van der Waals surface area contributed by atoms with Gasteiger partial charge in [0.2, 0.25) is 0 Å². The van der Waals surface area contributed by atoms with Gasteiger partial charge in [-0.05, 0) is 48.5 Å². The Morgan fingerprint density at radius 3 is 2.48 bits per heavy atom. The first-order valence-electron chi connectivity index (χ1n) is 7.54. The number of benzene rings is 2. The Morgan fingerprint density at radius 1 is 1.20 bits per heavy atom. The highest BCUT2D eigenvalue weighted by Gasteiger charge is 2.32. The van der Waals surface area contributed by atoms with E-state index < -0.39 is 15.9 Å². The molecule has 3 rings (SSSR count). The van der Waals surface area contributed by atoms with Crippen LogP contribution in [0.25, 0.3) is 0 Å². The topological polar surface area (TPSA) is 63.7 Å². The molecule has 1 aliphatic heterocycles. The molecule has 0 saturated carbocycles. The minimum absolute atomic E-state index is 0.126. The molecule has 2 aromatic rings. The van der Waals surface area contributed by atoms with Crippen LogP contribution in [0.4, 0.5) is 5.69 Å². The number of anilines is 1. The maximum absolute atomic E-state index is 13.1. The number of nitrogens with zero attached hydrogens (tertiary/aromatic N) is 1. The number of methoxy groups -OCH3 is 1. The number of hydrogen-bond donors (Lipinski definition) is 0. The third kappa shape index (κ3) is 3.93. The second kappa shape index (κ2) is 7.01. The molecule has 5 nitrogen and oxygen atoms in total. The average Bonchev–Trinajstić information content (AvgIpc) is 2.95. The maximum atomic E-state index is 13.1. The monoisotopic (exact) mass is 421 g/mol. The fourth-order valence-corrected chi connectivity index (χ4v) is 4.35. The second-order valence-electron chi connectivity index (χ2n) is 5.61. The second-order valence-corrected chi connectivity index (χ2v) is 8.46. The number of hydrogen-bond acceptors (Lipinski definition) is 4. The molecule has 0 aliphatic carbocycles. The van der Waals surface area contributed by atoms with Gasteiger partial charge in [0, 0.05) is 21.1 Å². The van der Waals surface area contributed by atoms with Crippen molar-refractivity contribution >= 4 is 37.4 Å². The quantitative estimate of drug-likeness (QED) is 0.758. The highest BCUT2D eigenvalue weighted by Crippen LogP contribution is 2.27. The van der Waals surface area contributed by atoms with Crippen LogP contribution in [0.5, 0.6) is 5.75 Å².